The molecule has 0 heterocycles. The molecule has 14 heavy (non-hydrogen) atoms. The fourth-order valence-corrected chi connectivity index (χ4v) is 2.44. The van der Waals surface area contributed by atoms with Crippen LogP contribution in [0.3, 0.4) is 0 Å². The second kappa shape index (κ2) is 6.28. The minimum atomic E-state index is -0.321. The van der Waals surface area contributed by atoms with Crippen molar-refractivity contribution in [2.45, 2.75) is 50.8 Å². The highest BCUT2D eigenvalue weighted by atomic mass is 35.5. The zero-order valence-electron chi connectivity index (χ0n) is 8.89. The molecule has 0 bridgehead atoms. The zero-order valence-corrected chi connectivity index (χ0v) is 9.65. The van der Waals surface area contributed by atoms with Gasteiger partial charge in [0.2, 0.25) is 5.91 Å². The molecule has 1 saturated carbocycles. The monoisotopic (exact) mass is 217 g/mol. The van der Waals surface area contributed by atoms with Gasteiger partial charge in [-0.1, -0.05) is 32.1 Å². The Bertz CT molecular complexity index is 178. The summed E-state index contributed by atoms with van der Waals surface area (Å²) in [5.74, 6) is 0.675. The first-order valence-corrected chi connectivity index (χ1v) is 6.09. The molecule has 2 nitrogen and oxygen atoms in total. The molecular weight excluding hydrogens is 198 g/mol. The molecule has 0 aliphatic heterocycles. The summed E-state index contributed by atoms with van der Waals surface area (Å²) < 4.78 is 0. The highest BCUT2D eigenvalue weighted by Crippen LogP contribution is 2.28. The van der Waals surface area contributed by atoms with Gasteiger partial charge in [0.05, 0.1) is 0 Å². The van der Waals surface area contributed by atoms with Crippen LogP contribution in [0.25, 0.3) is 0 Å². The average Bonchev–Trinajstić information content (AvgIpc) is 2.19. The Morgan fingerprint density at radius 2 is 2.07 bits per heavy atom. The van der Waals surface area contributed by atoms with Crippen molar-refractivity contribution in [3.63, 3.8) is 0 Å². The predicted octanol–water partition coefficient (Wildman–Crippen LogP) is 2.70. The van der Waals surface area contributed by atoms with Crippen molar-refractivity contribution in [1.29, 1.82) is 0 Å². The van der Waals surface area contributed by atoms with E-state index in [1.807, 2.05) is 6.92 Å². The van der Waals surface area contributed by atoms with Crippen LogP contribution in [0, 0.1) is 5.92 Å². The van der Waals surface area contributed by atoms with Crippen LogP contribution in [0.4, 0.5) is 0 Å². The van der Waals surface area contributed by atoms with E-state index in [0.717, 1.165) is 6.42 Å². The van der Waals surface area contributed by atoms with Gasteiger partial charge in [-0.3, -0.25) is 4.79 Å². The lowest BCUT2D eigenvalue weighted by molar-refractivity contribution is -0.121. The van der Waals surface area contributed by atoms with E-state index in [1.165, 1.54) is 32.1 Å². The third-order valence-corrected chi connectivity index (χ3v) is 3.28. The summed E-state index contributed by atoms with van der Waals surface area (Å²) in [6, 6.07) is 0. The van der Waals surface area contributed by atoms with E-state index in [-0.39, 0.29) is 11.3 Å². The van der Waals surface area contributed by atoms with Crippen molar-refractivity contribution in [2.75, 3.05) is 6.54 Å². The Kier molecular flexibility index (Phi) is 5.31. The second-order valence-electron chi connectivity index (χ2n) is 4.10. The van der Waals surface area contributed by atoms with Gasteiger partial charge in [-0.05, 0) is 19.3 Å². The van der Waals surface area contributed by atoms with Crippen molar-refractivity contribution in [3.8, 4) is 0 Å². The Morgan fingerprint density at radius 1 is 1.43 bits per heavy atom. The van der Waals surface area contributed by atoms with Gasteiger partial charge in [0.15, 0.2) is 0 Å². The van der Waals surface area contributed by atoms with Crippen LogP contribution in [-0.2, 0) is 4.79 Å². The van der Waals surface area contributed by atoms with Crippen LogP contribution in [0.2, 0.25) is 0 Å². The molecule has 0 aromatic carbocycles. The maximum atomic E-state index is 11.4. The van der Waals surface area contributed by atoms with Gasteiger partial charge in [0.1, 0.15) is 5.38 Å². The molecule has 0 saturated heterocycles. The summed E-state index contributed by atoms with van der Waals surface area (Å²) in [6.07, 6.45) is 7.33. The number of hydrogen-bond acceptors (Lipinski definition) is 1. The molecule has 3 heteroatoms. The minimum Gasteiger partial charge on any atom is -0.355 e. The minimum absolute atomic E-state index is 0.000241. The lowest BCUT2D eigenvalue weighted by atomic mass is 9.86. The number of rotatable bonds is 4. The van der Waals surface area contributed by atoms with E-state index in [1.54, 1.807) is 0 Å². The number of halogens is 1. The van der Waals surface area contributed by atoms with Gasteiger partial charge in [0.25, 0.3) is 0 Å². The first-order valence-electron chi connectivity index (χ1n) is 5.65. The third kappa shape index (κ3) is 3.87. The van der Waals surface area contributed by atoms with Crippen LogP contribution in [0.1, 0.15) is 45.4 Å². The summed E-state index contributed by atoms with van der Waals surface area (Å²) in [7, 11) is 0. The molecule has 1 aliphatic rings. The van der Waals surface area contributed by atoms with Crippen molar-refractivity contribution in [3.05, 3.63) is 0 Å². The molecule has 1 aliphatic carbocycles. The van der Waals surface area contributed by atoms with Crippen molar-refractivity contribution < 1.29 is 4.79 Å². The molecule has 0 spiro atoms. The number of nitrogens with one attached hydrogen (secondary N) is 1. The van der Waals surface area contributed by atoms with Gasteiger partial charge < -0.3 is 5.32 Å². The second-order valence-corrected chi connectivity index (χ2v) is 4.63. The normalized spacial score (nSPS) is 20.4. The molecular formula is C11H20ClNO. The molecule has 82 valence electrons. The Hall–Kier alpha value is -0.240. The number of alkyl halides is 1. The van der Waals surface area contributed by atoms with E-state index in [4.69, 9.17) is 11.6 Å². The van der Waals surface area contributed by atoms with E-state index < -0.39 is 0 Å². The smallest absolute Gasteiger partial charge is 0.238 e. The number of amides is 1. The van der Waals surface area contributed by atoms with Crippen molar-refractivity contribution in [2.24, 2.45) is 5.92 Å². The summed E-state index contributed by atoms with van der Waals surface area (Å²) in [5, 5.41) is 2.44. The number of carbonyl (C=O) groups excluding carboxylic acids is 1. The number of hydrogen-bond donors (Lipinski definition) is 1. The van der Waals surface area contributed by atoms with Crippen molar-refractivity contribution in [1.82, 2.24) is 5.32 Å². The number of carbonyl (C=O) groups is 1. The molecule has 1 N–H and O–H groups in total. The molecule has 1 fully saturated rings. The molecule has 1 rings (SSSR count). The molecule has 0 aromatic rings. The summed E-state index contributed by atoms with van der Waals surface area (Å²) >= 11 is 6.03. The fourth-order valence-electron chi connectivity index (χ4n) is 2.11. The van der Waals surface area contributed by atoms with Crippen LogP contribution in [0.5, 0.6) is 0 Å². The fraction of sp³-hybridized carbons (Fsp3) is 0.909. The first-order chi connectivity index (χ1) is 6.74. The summed E-state index contributed by atoms with van der Waals surface area (Å²) in [5.41, 5.74) is 0. The van der Waals surface area contributed by atoms with E-state index in [0.29, 0.717) is 12.5 Å². The van der Waals surface area contributed by atoms with Gasteiger partial charge in [-0.2, -0.15) is 0 Å². The summed E-state index contributed by atoms with van der Waals surface area (Å²) in [4.78, 5) is 11.4. The molecule has 0 radical (unpaired) electrons. The SMILES string of the molecule is CCNC(=O)C(Cl)CC1CCCCC1. The van der Waals surface area contributed by atoms with Crippen molar-refractivity contribution >= 4 is 17.5 Å². The lowest BCUT2D eigenvalue weighted by Gasteiger charge is -2.23. The molecule has 1 amide bonds. The van der Waals surface area contributed by atoms with Gasteiger partial charge in [-0.25, -0.2) is 0 Å². The molecule has 1 unspecified atom stereocenters. The highest BCUT2D eigenvalue weighted by Gasteiger charge is 2.21. The predicted molar refractivity (Wildman–Crippen MR) is 59.5 cm³/mol. The van der Waals surface area contributed by atoms with Crippen LogP contribution in [0.15, 0.2) is 0 Å². The van der Waals surface area contributed by atoms with Gasteiger partial charge >= 0.3 is 0 Å². The maximum absolute atomic E-state index is 11.4. The standard InChI is InChI=1S/C11H20ClNO/c1-2-13-11(14)10(12)8-9-6-4-3-5-7-9/h9-10H,2-8H2,1H3,(H,13,14). The Balaban J connectivity index is 2.24. The van der Waals surface area contributed by atoms with Crippen LogP contribution in [-0.4, -0.2) is 17.8 Å². The first kappa shape index (κ1) is 11.8. The maximum Gasteiger partial charge on any atom is 0.238 e. The van der Waals surface area contributed by atoms with E-state index in [9.17, 15) is 4.79 Å². The Morgan fingerprint density at radius 3 is 2.64 bits per heavy atom. The van der Waals surface area contributed by atoms with Gasteiger partial charge in [-0.15, -0.1) is 11.6 Å². The van der Waals surface area contributed by atoms with Crippen LogP contribution < -0.4 is 5.32 Å². The highest BCUT2D eigenvalue weighted by molar-refractivity contribution is 6.30. The van der Waals surface area contributed by atoms with Gasteiger partial charge in [0, 0.05) is 6.54 Å². The third-order valence-electron chi connectivity index (χ3n) is 2.90. The van der Waals surface area contributed by atoms with E-state index >= 15 is 0 Å². The molecule has 1 atom stereocenters. The topological polar surface area (TPSA) is 29.1 Å². The average molecular weight is 218 g/mol. The van der Waals surface area contributed by atoms with Crippen LogP contribution >= 0.6 is 11.6 Å². The Labute approximate surface area is 91.4 Å². The summed E-state index contributed by atoms with van der Waals surface area (Å²) in [6.45, 7) is 2.59. The quantitative estimate of drug-likeness (QED) is 0.721. The lowest BCUT2D eigenvalue weighted by Crippen LogP contribution is -2.32. The zero-order chi connectivity index (χ0) is 10.4. The molecule has 0 aromatic heterocycles. The largest absolute Gasteiger partial charge is 0.355 e. The van der Waals surface area contributed by atoms with E-state index in [2.05, 4.69) is 5.32 Å².